The Morgan fingerprint density at radius 1 is 1.33 bits per heavy atom. The van der Waals surface area contributed by atoms with Gasteiger partial charge in [0.05, 0.1) is 31.6 Å². The smallest absolute Gasteiger partial charge is 0.261 e. The van der Waals surface area contributed by atoms with E-state index in [1.165, 1.54) is 7.11 Å². The van der Waals surface area contributed by atoms with Crippen molar-refractivity contribution in [3.63, 3.8) is 0 Å². The molecule has 36 heavy (non-hydrogen) atoms. The molecule has 1 amide bonds. The number of carbonyl (C=O) groups excluding carboxylic acids is 1. The van der Waals surface area contributed by atoms with Gasteiger partial charge in [-0.1, -0.05) is 31.0 Å². The van der Waals surface area contributed by atoms with E-state index in [0.717, 1.165) is 37.7 Å². The normalized spacial score (nSPS) is 14.3. The number of nitrogens with zero attached hydrogens (tertiary/aromatic N) is 4. The van der Waals surface area contributed by atoms with E-state index in [4.69, 9.17) is 14.5 Å². The van der Waals surface area contributed by atoms with Gasteiger partial charge in [0.1, 0.15) is 22.8 Å². The number of anilines is 1. The van der Waals surface area contributed by atoms with Crippen LogP contribution in [0.25, 0.3) is 11.0 Å². The maximum absolute atomic E-state index is 12.8. The van der Waals surface area contributed by atoms with Crippen LogP contribution in [-0.2, 0) is 27.9 Å². The molecule has 2 aromatic heterocycles. The third-order valence-electron chi connectivity index (χ3n) is 6.13. The fourth-order valence-electron chi connectivity index (χ4n) is 4.37. The maximum atomic E-state index is 12.8. The Morgan fingerprint density at radius 3 is 2.83 bits per heavy atom. The van der Waals surface area contributed by atoms with Crippen molar-refractivity contribution in [3.05, 3.63) is 47.8 Å². The lowest BCUT2D eigenvalue weighted by molar-refractivity contribution is -0.117. The molecule has 1 aromatic carbocycles. The molecule has 0 bridgehead atoms. The van der Waals surface area contributed by atoms with Gasteiger partial charge in [0.2, 0.25) is 10.0 Å². The molecule has 0 radical (unpaired) electrons. The zero-order valence-electron chi connectivity index (χ0n) is 20.0. The number of hydrogen-bond donors (Lipinski definition) is 2. The Labute approximate surface area is 209 Å². The summed E-state index contributed by atoms with van der Waals surface area (Å²) >= 11 is 0. The minimum atomic E-state index is -3.59. The lowest BCUT2D eigenvalue weighted by atomic mass is 9.91. The molecule has 1 fully saturated rings. The molecule has 4 rings (SSSR count). The van der Waals surface area contributed by atoms with Gasteiger partial charge >= 0.3 is 0 Å². The highest BCUT2D eigenvalue weighted by molar-refractivity contribution is 7.92. The van der Waals surface area contributed by atoms with Gasteiger partial charge in [0.25, 0.3) is 5.91 Å². The second-order valence-electron chi connectivity index (χ2n) is 8.87. The maximum Gasteiger partial charge on any atom is 0.261 e. The summed E-state index contributed by atoms with van der Waals surface area (Å²) in [7, 11) is -2.10. The molecular weight excluding hydrogens is 484 g/mol. The standard InChI is InChI=1S/C24H28N6O5S/c1-16(12-25)24(31)26-13-19-8-9-30(27-19)14-18-10-20(34-2)22-21(11-18)35-28-23(22)29-36(32,33)15-17-6-4-3-5-7-17/h8-11,17H,1,3-7,13-15H2,2H3,(H,26,31)(H,28,29). The Bertz CT molecular complexity index is 1410. The SMILES string of the molecule is C=C(C#N)C(=O)NCc1ccn(Cc2cc(OC)c3c(NS(=O)(=O)CC4CCCCC4)noc3c2)n1. The minimum absolute atomic E-state index is 0.0640. The van der Waals surface area contributed by atoms with Crippen LogP contribution in [0, 0.1) is 17.2 Å². The first-order valence-corrected chi connectivity index (χ1v) is 13.3. The van der Waals surface area contributed by atoms with Crippen LogP contribution in [0.3, 0.4) is 0 Å². The van der Waals surface area contributed by atoms with Gasteiger partial charge in [-0.2, -0.15) is 10.4 Å². The van der Waals surface area contributed by atoms with Crippen LogP contribution in [0.2, 0.25) is 0 Å². The summed E-state index contributed by atoms with van der Waals surface area (Å²) in [6, 6.07) is 6.98. The Kier molecular flexibility index (Phi) is 7.59. The first-order chi connectivity index (χ1) is 17.3. The molecule has 2 N–H and O–H groups in total. The van der Waals surface area contributed by atoms with Crippen molar-refractivity contribution in [2.24, 2.45) is 5.92 Å². The third-order valence-corrected chi connectivity index (χ3v) is 7.54. The number of nitrogens with one attached hydrogen (secondary N) is 2. The summed E-state index contributed by atoms with van der Waals surface area (Å²) < 4.78 is 40.8. The van der Waals surface area contributed by atoms with Crippen LogP contribution < -0.4 is 14.8 Å². The van der Waals surface area contributed by atoms with Crippen LogP contribution in [-0.4, -0.2) is 42.1 Å². The second-order valence-corrected chi connectivity index (χ2v) is 10.6. The number of nitriles is 1. The van der Waals surface area contributed by atoms with Gasteiger partial charge in [-0.05, 0) is 42.5 Å². The Hall–Kier alpha value is -3.85. The van der Waals surface area contributed by atoms with Crippen molar-refractivity contribution in [1.82, 2.24) is 20.3 Å². The molecule has 1 aliphatic rings. The van der Waals surface area contributed by atoms with Crippen molar-refractivity contribution >= 4 is 32.7 Å². The number of fused-ring (bicyclic) bond motifs is 1. The van der Waals surface area contributed by atoms with Crippen molar-refractivity contribution in [2.75, 3.05) is 17.6 Å². The number of rotatable bonds is 10. The van der Waals surface area contributed by atoms with E-state index >= 15 is 0 Å². The van der Waals surface area contributed by atoms with Crippen LogP contribution in [0.4, 0.5) is 5.82 Å². The molecule has 0 atom stereocenters. The lowest BCUT2D eigenvalue weighted by Crippen LogP contribution is -2.24. The zero-order valence-corrected chi connectivity index (χ0v) is 20.8. The highest BCUT2D eigenvalue weighted by atomic mass is 32.2. The predicted molar refractivity (Wildman–Crippen MR) is 132 cm³/mol. The number of benzene rings is 1. The largest absolute Gasteiger partial charge is 0.496 e. The summed E-state index contributed by atoms with van der Waals surface area (Å²) in [5, 5.41) is 20.1. The third kappa shape index (κ3) is 6.04. The number of carbonyl (C=O) groups is 1. The van der Waals surface area contributed by atoms with Crippen molar-refractivity contribution in [1.29, 1.82) is 5.26 Å². The minimum Gasteiger partial charge on any atom is -0.496 e. The Balaban J connectivity index is 1.47. The topological polar surface area (TPSA) is 152 Å². The van der Waals surface area contributed by atoms with E-state index in [0.29, 0.717) is 29.0 Å². The zero-order chi connectivity index (χ0) is 25.7. The Morgan fingerprint density at radius 2 is 2.11 bits per heavy atom. The average Bonchev–Trinajstić information content (AvgIpc) is 3.48. The molecule has 0 unspecified atom stereocenters. The fourth-order valence-corrected chi connectivity index (χ4v) is 5.84. The van der Waals surface area contributed by atoms with Gasteiger partial charge in [-0.15, -0.1) is 0 Å². The first-order valence-electron chi connectivity index (χ1n) is 11.6. The first kappa shape index (κ1) is 25.2. The van der Waals surface area contributed by atoms with Crippen molar-refractivity contribution in [3.8, 4) is 11.8 Å². The molecule has 2 heterocycles. The van der Waals surface area contributed by atoms with Gasteiger partial charge in [0.15, 0.2) is 11.4 Å². The van der Waals surface area contributed by atoms with Gasteiger partial charge in [-0.25, -0.2) is 8.42 Å². The molecule has 190 valence electrons. The summed E-state index contributed by atoms with van der Waals surface area (Å²) in [6.45, 7) is 3.90. The number of amides is 1. The summed E-state index contributed by atoms with van der Waals surface area (Å²) in [6.07, 6.45) is 6.88. The average molecular weight is 513 g/mol. The van der Waals surface area contributed by atoms with Crippen LogP contribution in [0.5, 0.6) is 5.75 Å². The van der Waals surface area contributed by atoms with Crippen LogP contribution in [0.15, 0.2) is 41.1 Å². The summed E-state index contributed by atoms with van der Waals surface area (Å²) in [4.78, 5) is 11.7. The number of sulfonamides is 1. The molecule has 0 aliphatic heterocycles. The molecule has 11 nitrogen and oxygen atoms in total. The number of ether oxygens (including phenoxy) is 1. The molecule has 0 spiro atoms. The number of methoxy groups -OCH3 is 1. The van der Waals surface area contributed by atoms with Gasteiger partial charge < -0.3 is 14.6 Å². The van der Waals surface area contributed by atoms with E-state index in [2.05, 4.69) is 26.9 Å². The molecule has 12 heteroatoms. The number of hydrogen-bond acceptors (Lipinski definition) is 8. The monoisotopic (exact) mass is 512 g/mol. The van der Waals surface area contributed by atoms with E-state index in [9.17, 15) is 13.2 Å². The fraction of sp³-hybridized carbons (Fsp3) is 0.417. The van der Waals surface area contributed by atoms with Crippen LogP contribution in [0.1, 0.15) is 43.4 Å². The number of aromatic nitrogens is 3. The highest BCUT2D eigenvalue weighted by Gasteiger charge is 2.24. The van der Waals surface area contributed by atoms with Crippen molar-refractivity contribution < 1.29 is 22.5 Å². The van der Waals surface area contributed by atoms with E-state index in [-0.39, 0.29) is 29.6 Å². The van der Waals surface area contributed by atoms with E-state index in [1.807, 2.05) is 0 Å². The molecule has 1 aliphatic carbocycles. The molecule has 0 saturated heterocycles. The molecule has 1 saturated carbocycles. The predicted octanol–water partition coefficient (Wildman–Crippen LogP) is 3.10. The van der Waals surface area contributed by atoms with Gasteiger partial charge in [-0.3, -0.25) is 14.2 Å². The molecule has 3 aromatic rings. The summed E-state index contributed by atoms with van der Waals surface area (Å²) in [5.41, 5.74) is 1.62. The second kappa shape index (κ2) is 10.8. The highest BCUT2D eigenvalue weighted by Crippen LogP contribution is 2.35. The van der Waals surface area contributed by atoms with Gasteiger partial charge in [0, 0.05) is 6.20 Å². The van der Waals surface area contributed by atoms with E-state index in [1.54, 1.807) is 35.1 Å². The van der Waals surface area contributed by atoms with Crippen LogP contribution >= 0.6 is 0 Å². The van der Waals surface area contributed by atoms with E-state index < -0.39 is 15.9 Å². The summed E-state index contributed by atoms with van der Waals surface area (Å²) in [5.74, 6) is 0.209. The van der Waals surface area contributed by atoms with Crippen molar-refractivity contribution in [2.45, 2.75) is 45.2 Å². The quantitative estimate of drug-likeness (QED) is 0.310. The lowest BCUT2D eigenvalue weighted by Gasteiger charge is -2.21. The molecular formula is C24H28N6O5S.